The number of anilines is 2. The molecule has 2 aromatic carbocycles. The predicted molar refractivity (Wildman–Crippen MR) is 105 cm³/mol. The maximum Gasteiger partial charge on any atom is 0.333 e. The van der Waals surface area contributed by atoms with E-state index in [0.717, 1.165) is 29.9 Å². The monoisotopic (exact) mass is 375 g/mol. The smallest absolute Gasteiger partial charge is 0.333 e. The third-order valence-corrected chi connectivity index (χ3v) is 5.49. The molecule has 0 heterocycles. The first kappa shape index (κ1) is 19.8. The number of hydrogen-bond donors (Lipinski definition) is 2. The molecule has 0 saturated heterocycles. The Morgan fingerprint density at radius 1 is 1.00 bits per heavy atom. The normalized spacial score (nSPS) is 11.1. The Morgan fingerprint density at radius 3 is 2.15 bits per heavy atom. The lowest BCUT2D eigenvalue weighted by Crippen LogP contribution is -2.34. The minimum Gasteiger partial charge on any atom is -0.372 e. The molecule has 0 unspecified atom stereocenters. The minimum absolute atomic E-state index is 0.0480. The quantitative estimate of drug-likeness (QED) is 0.808. The van der Waals surface area contributed by atoms with Crippen LogP contribution in [0.5, 0.6) is 0 Å². The molecule has 7 heteroatoms. The van der Waals surface area contributed by atoms with Crippen LogP contribution in [-0.4, -0.2) is 27.5 Å². The SMILES string of the molecule is CCN(CC)c1ccc(NC(=O)NS(=O)(=O)c2ccc(C)cc2)c(C)c1. The van der Waals surface area contributed by atoms with Gasteiger partial charge in [0.15, 0.2) is 0 Å². The van der Waals surface area contributed by atoms with Crippen LogP contribution in [0.4, 0.5) is 16.2 Å². The molecule has 2 aromatic rings. The number of benzene rings is 2. The molecule has 0 aromatic heterocycles. The Hall–Kier alpha value is -2.54. The summed E-state index contributed by atoms with van der Waals surface area (Å²) in [7, 11) is -3.91. The zero-order valence-electron chi connectivity index (χ0n) is 15.5. The van der Waals surface area contributed by atoms with Crippen LogP contribution in [0.2, 0.25) is 0 Å². The van der Waals surface area contributed by atoms with E-state index in [0.29, 0.717) is 5.69 Å². The van der Waals surface area contributed by atoms with Crippen molar-refractivity contribution in [2.24, 2.45) is 0 Å². The second kappa shape index (κ2) is 8.23. The number of carbonyl (C=O) groups excluding carboxylic acids is 1. The summed E-state index contributed by atoms with van der Waals surface area (Å²) in [5, 5.41) is 2.60. The Morgan fingerprint density at radius 2 is 1.62 bits per heavy atom. The van der Waals surface area contributed by atoms with Crippen LogP contribution >= 0.6 is 0 Å². The number of hydrogen-bond acceptors (Lipinski definition) is 4. The molecule has 2 N–H and O–H groups in total. The maximum absolute atomic E-state index is 12.3. The highest BCUT2D eigenvalue weighted by Crippen LogP contribution is 2.22. The van der Waals surface area contributed by atoms with Gasteiger partial charge in [0.2, 0.25) is 0 Å². The summed E-state index contributed by atoms with van der Waals surface area (Å²) in [4.78, 5) is 14.4. The van der Waals surface area contributed by atoms with Gasteiger partial charge in [-0.05, 0) is 63.6 Å². The Kier molecular flexibility index (Phi) is 6.26. The van der Waals surface area contributed by atoms with Crippen molar-refractivity contribution in [1.82, 2.24) is 4.72 Å². The number of sulfonamides is 1. The number of urea groups is 1. The molecule has 2 rings (SSSR count). The van der Waals surface area contributed by atoms with E-state index in [4.69, 9.17) is 0 Å². The average Bonchev–Trinajstić information content (AvgIpc) is 2.58. The van der Waals surface area contributed by atoms with Gasteiger partial charge in [-0.25, -0.2) is 17.9 Å². The standard InChI is InChI=1S/C19H25N3O3S/c1-5-22(6-2)16-9-12-18(15(4)13-16)20-19(23)21-26(24,25)17-10-7-14(3)8-11-17/h7-13H,5-6H2,1-4H3,(H2,20,21,23). The van der Waals surface area contributed by atoms with Crippen LogP contribution in [0.15, 0.2) is 47.4 Å². The van der Waals surface area contributed by atoms with Crippen molar-refractivity contribution in [3.8, 4) is 0 Å². The molecule has 0 atom stereocenters. The van der Waals surface area contributed by atoms with E-state index in [1.807, 2.05) is 30.7 Å². The van der Waals surface area contributed by atoms with Crippen molar-refractivity contribution in [3.05, 3.63) is 53.6 Å². The zero-order chi connectivity index (χ0) is 19.3. The van der Waals surface area contributed by atoms with Crippen LogP contribution in [0, 0.1) is 13.8 Å². The number of aryl methyl sites for hydroxylation is 2. The molecule has 0 aliphatic heterocycles. The fourth-order valence-electron chi connectivity index (χ4n) is 2.62. The topological polar surface area (TPSA) is 78.5 Å². The number of nitrogens with one attached hydrogen (secondary N) is 2. The summed E-state index contributed by atoms with van der Waals surface area (Å²) >= 11 is 0. The fourth-order valence-corrected chi connectivity index (χ4v) is 3.53. The molecule has 0 bridgehead atoms. The highest BCUT2D eigenvalue weighted by atomic mass is 32.2. The van der Waals surface area contributed by atoms with Gasteiger partial charge in [-0.15, -0.1) is 0 Å². The van der Waals surface area contributed by atoms with Gasteiger partial charge in [0.05, 0.1) is 4.90 Å². The fraction of sp³-hybridized carbons (Fsp3) is 0.316. The summed E-state index contributed by atoms with van der Waals surface area (Å²) in [6.07, 6.45) is 0. The van der Waals surface area contributed by atoms with Crippen LogP contribution in [0.3, 0.4) is 0 Å². The largest absolute Gasteiger partial charge is 0.372 e. The molecule has 0 fully saturated rings. The molecular weight excluding hydrogens is 350 g/mol. The molecule has 0 aliphatic carbocycles. The Bertz CT molecular complexity index is 873. The van der Waals surface area contributed by atoms with Gasteiger partial charge in [0.25, 0.3) is 10.0 Å². The molecule has 0 saturated carbocycles. The lowest BCUT2D eigenvalue weighted by atomic mass is 10.1. The van der Waals surface area contributed by atoms with Gasteiger partial charge in [-0.3, -0.25) is 0 Å². The summed E-state index contributed by atoms with van der Waals surface area (Å²) in [6.45, 7) is 9.66. The van der Waals surface area contributed by atoms with Crippen LogP contribution in [0.1, 0.15) is 25.0 Å². The average molecular weight is 375 g/mol. The number of rotatable bonds is 6. The summed E-state index contributed by atoms with van der Waals surface area (Å²) < 4.78 is 26.6. The summed E-state index contributed by atoms with van der Waals surface area (Å²) in [5.41, 5.74) is 3.43. The van der Waals surface area contributed by atoms with E-state index in [1.165, 1.54) is 12.1 Å². The van der Waals surface area contributed by atoms with E-state index in [9.17, 15) is 13.2 Å². The molecule has 0 aliphatic rings. The van der Waals surface area contributed by atoms with E-state index < -0.39 is 16.1 Å². The second-order valence-corrected chi connectivity index (χ2v) is 7.73. The third-order valence-electron chi connectivity index (χ3n) is 4.15. The first-order valence-electron chi connectivity index (χ1n) is 8.53. The van der Waals surface area contributed by atoms with Crippen LogP contribution < -0.4 is 14.9 Å². The van der Waals surface area contributed by atoms with Crippen molar-refractivity contribution in [3.63, 3.8) is 0 Å². The van der Waals surface area contributed by atoms with Crippen LogP contribution in [0.25, 0.3) is 0 Å². The van der Waals surface area contributed by atoms with E-state index >= 15 is 0 Å². The number of nitrogens with zero attached hydrogens (tertiary/aromatic N) is 1. The van der Waals surface area contributed by atoms with Crippen molar-refractivity contribution in [1.29, 1.82) is 0 Å². The first-order chi connectivity index (χ1) is 12.3. The minimum atomic E-state index is -3.91. The van der Waals surface area contributed by atoms with Crippen LogP contribution in [-0.2, 0) is 10.0 Å². The number of carbonyl (C=O) groups is 1. The van der Waals surface area contributed by atoms with Gasteiger partial charge in [0.1, 0.15) is 0 Å². The van der Waals surface area contributed by atoms with E-state index in [1.54, 1.807) is 18.2 Å². The Balaban J connectivity index is 2.11. The highest BCUT2D eigenvalue weighted by Gasteiger charge is 2.18. The first-order valence-corrected chi connectivity index (χ1v) is 10.0. The maximum atomic E-state index is 12.3. The lowest BCUT2D eigenvalue weighted by molar-refractivity contribution is 0.256. The molecule has 6 nitrogen and oxygen atoms in total. The van der Waals surface area contributed by atoms with Gasteiger partial charge < -0.3 is 10.2 Å². The highest BCUT2D eigenvalue weighted by molar-refractivity contribution is 7.90. The van der Waals surface area contributed by atoms with Crippen molar-refractivity contribution < 1.29 is 13.2 Å². The summed E-state index contributed by atoms with van der Waals surface area (Å²) in [6, 6.07) is 11.2. The summed E-state index contributed by atoms with van der Waals surface area (Å²) in [5.74, 6) is 0. The van der Waals surface area contributed by atoms with Crippen molar-refractivity contribution in [2.45, 2.75) is 32.6 Å². The van der Waals surface area contributed by atoms with Gasteiger partial charge >= 0.3 is 6.03 Å². The predicted octanol–water partition coefficient (Wildman–Crippen LogP) is 3.66. The third kappa shape index (κ3) is 4.76. The molecule has 0 spiro atoms. The lowest BCUT2D eigenvalue weighted by Gasteiger charge is -2.22. The second-order valence-electron chi connectivity index (χ2n) is 6.04. The molecule has 140 valence electrons. The van der Waals surface area contributed by atoms with Gasteiger partial charge in [-0.2, -0.15) is 0 Å². The zero-order valence-corrected chi connectivity index (χ0v) is 16.4. The van der Waals surface area contributed by atoms with Crippen molar-refractivity contribution in [2.75, 3.05) is 23.3 Å². The molecule has 0 radical (unpaired) electrons. The number of amides is 2. The van der Waals surface area contributed by atoms with Gasteiger partial charge in [-0.1, -0.05) is 17.7 Å². The molecular formula is C19H25N3O3S. The Labute approximate surface area is 155 Å². The van der Waals surface area contributed by atoms with E-state index in [-0.39, 0.29) is 4.90 Å². The molecule has 26 heavy (non-hydrogen) atoms. The van der Waals surface area contributed by atoms with Gasteiger partial charge in [0, 0.05) is 24.5 Å². The van der Waals surface area contributed by atoms with E-state index in [2.05, 4.69) is 24.1 Å². The molecule has 2 amide bonds. The van der Waals surface area contributed by atoms with Crippen molar-refractivity contribution >= 4 is 27.4 Å².